The number of nitrogens with zero attached hydrogens (tertiary/aromatic N) is 4. The van der Waals surface area contributed by atoms with Gasteiger partial charge in [0.1, 0.15) is 5.69 Å². The van der Waals surface area contributed by atoms with Crippen molar-refractivity contribution in [3.05, 3.63) is 34.0 Å². The molecule has 1 amide bonds. The average molecular weight is 305 g/mol. The maximum Gasteiger partial charge on any atom is 0.274 e. The normalized spacial score (nSPS) is 16.3. The van der Waals surface area contributed by atoms with Crippen LogP contribution in [-0.2, 0) is 13.0 Å². The number of carbonyl (C=O) groups is 1. The summed E-state index contributed by atoms with van der Waals surface area (Å²) in [4.78, 5) is 20.9. The summed E-state index contributed by atoms with van der Waals surface area (Å²) in [6.07, 6.45) is 0.863. The molecule has 1 N–H and O–H groups in total. The molecule has 2 aromatic rings. The zero-order valence-electron chi connectivity index (χ0n) is 12.1. The van der Waals surface area contributed by atoms with Gasteiger partial charge in [0.15, 0.2) is 0 Å². The third-order valence-electron chi connectivity index (χ3n) is 3.76. The summed E-state index contributed by atoms with van der Waals surface area (Å²) >= 11 is 1.62. The second-order valence-corrected chi connectivity index (χ2v) is 5.90. The molecule has 1 aliphatic heterocycles. The molecule has 0 atom stereocenters. The van der Waals surface area contributed by atoms with Crippen molar-refractivity contribution < 1.29 is 4.79 Å². The fourth-order valence-corrected chi connectivity index (χ4v) is 3.02. The summed E-state index contributed by atoms with van der Waals surface area (Å²) in [6, 6.07) is 1.85. The van der Waals surface area contributed by atoms with Crippen molar-refractivity contribution in [2.45, 2.75) is 19.9 Å². The van der Waals surface area contributed by atoms with Gasteiger partial charge in [-0.05, 0) is 12.5 Å². The number of hydrogen-bond donors (Lipinski definition) is 1. The molecular formula is C14H19N5OS. The van der Waals surface area contributed by atoms with Crippen LogP contribution in [0.15, 0.2) is 17.0 Å². The predicted octanol–water partition coefficient (Wildman–Crippen LogP) is 1.39. The van der Waals surface area contributed by atoms with E-state index >= 15 is 0 Å². The number of hydrogen-bond acceptors (Lipinski definition) is 5. The molecule has 6 nitrogen and oxygen atoms in total. The molecule has 3 heterocycles. The van der Waals surface area contributed by atoms with Gasteiger partial charge in [-0.15, -0.1) is 11.3 Å². The highest BCUT2D eigenvalue weighted by Crippen LogP contribution is 2.11. The number of aryl methyl sites for hydroxylation is 1. The quantitative estimate of drug-likeness (QED) is 0.927. The second kappa shape index (κ2) is 6.36. The number of H-pyrrole nitrogens is 1. The third kappa shape index (κ3) is 3.30. The fourth-order valence-electron chi connectivity index (χ4n) is 2.47. The Bertz CT molecular complexity index is 586. The van der Waals surface area contributed by atoms with Crippen LogP contribution in [0.3, 0.4) is 0 Å². The molecule has 2 aromatic heterocycles. The number of aromatic nitrogens is 3. The Morgan fingerprint density at radius 2 is 2.19 bits per heavy atom. The lowest BCUT2D eigenvalue weighted by molar-refractivity contribution is 0.0621. The molecule has 1 fully saturated rings. The van der Waals surface area contributed by atoms with Crippen LogP contribution in [0, 0.1) is 0 Å². The van der Waals surface area contributed by atoms with Crippen LogP contribution in [0.1, 0.15) is 28.8 Å². The predicted molar refractivity (Wildman–Crippen MR) is 81.3 cm³/mol. The van der Waals surface area contributed by atoms with Gasteiger partial charge in [-0.3, -0.25) is 14.8 Å². The molecule has 0 aromatic carbocycles. The van der Waals surface area contributed by atoms with Crippen molar-refractivity contribution in [1.82, 2.24) is 25.0 Å². The van der Waals surface area contributed by atoms with E-state index in [0.29, 0.717) is 5.69 Å². The highest BCUT2D eigenvalue weighted by molar-refractivity contribution is 7.07. The number of rotatable bonds is 4. The molecule has 0 radical (unpaired) electrons. The maximum absolute atomic E-state index is 12.4. The van der Waals surface area contributed by atoms with Crippen LogP contribution in [0.5, 0.6) is 0 Å². The molecule has 0 unspecified atom stereocenters. The zero-order chi connectivity index (χ0) is 14.7. The lowest BCUT2D eigenvalue weighted by atomic mass is 10.2. The van der Waals surface area contributed by atoms with Gasteiger partial charge in [0, 0.05) is 43.8 Å². The standard InChI is InChI=1S/C14H19N5OS/c1-2-11-7-13(17-16-11)14(20)19-5-3-18(4-6-19)8-12-9-21-10-15-12/h7,9-10H,2-6,8H2,1H3,(H,16,17). The number of thiazole rings is 1. The molecule has 1 aliphatic rings. The largest absolute Gasteiger partial charge is 0.335 e. The van der Waals surface area contributed by atoms with Gasteiger partial charge in [-0.1, -0.05) is 6.92 Å². The van der Waals surface area contributed by atoms with Crippen LogP contribution in [0.25, 0.3) is 0 Å². The number of aromatic amines is 1. The summed E-state index contributed by atoms with van der Waals surface area (Å²) in [5, 5.41) is 9.08. The summed E-state index contributed by atoms with van der Waals surface area (Å²) in [7, 11) is 0. The van der Waals surface area contributed by atoms with E-state index in [1.165, 1.54) is 0 Å². The number of nitrogens with one attached hydrogen (secondary N) is 1. The molecule has 0 spiro atoms. The van der Waals surface area contributed by atoms with Crippen LogP contribution in [0.4, 0.5) is 0 Å². The SMILES string of the molecule is CCc1cc(C(=O)N2CCN(Cc3cscn3)CC2)n[nH]1. The molecule has 3 rings (SSSR count). The van der Waals surface area contributed by atoms with E-state index in [1.807, 2.05) is 23.4 Å². The first kappa shape index (κ1) is 14.2. The highest BCUT2D eigenvalue weighted by Gasteiger charge is 2.23. The highest BCUT2D eigenvalue weighted by atomic mass is 32.1. The molecule has 0 saturated carbocycles. The Hall–Kier alpha value is -1.73. The van der Waals surface area contributed by atoms with E-state index in [4.69, 9.17) is 0 Å². The zero-order valence-corrected chi connectivity index (χ0v) is 12.9. The summed E-state index contributed by atoms with van der Waals surface area (Å²) in [5.41, 5.74) is 4.50. The summed E-state index contributed by atoms with van der Waals surface area (Å²) in [5.74, 6) is 0.0271. The first-order valence-electron chi connectivity index (χ1n) is 7.19. The van der Waals surface area contributed by atoms with Crippen LogP contribution < -0.4 is 0 Å². The fraction of sp³-hybridized carbons (Fsp3) is 0.500. The van der Waals surface area contributed by atoms with E-state index in [2.05, 4.69) is 25.5 Å². The van der Waals surface area contributed by atoms with Gasteiger partial charge < -0.3 is 4.90 Å². The van der Waals surface area contributed by atoms with Crippen LogP contribution >= 0.6 is 11.3 Å². The van der Waals surface area contributed by atoms with Crippen molar-refractivity contribution in [2.24, 2.45) is 0 Å². The average Bonchev–Trinajstić information content (AvgIpc) is 3.18. The summed E-state index contributed by atoms with van der Waals surface area (Å²) in [6.45, 7) is 6.17. The summed E-state index contributed by atoms with van der Waals surface area (Å²) < 4.78 is 0. The Kier molecular flexibility index (Phi) is 4.31. The molecular weight excluding hydrogens is 286 g/mol. The molecule has 1 saturated heterocycles. The van der Waals surface area contributed by atoms with E-state index < -0.39 is 0 Å². The van der Waals surface area contributed by atoms with Crippen molar-refractivity contribution in [1.29, 1.82) is 0 Å². The topological polar surface area (TPSA) is 65.1 Å². The Morgan fingerprint density at radius 1 is 1.38 bits per heavy atom. The van der Waals surface area contributed by atoms with Gasteiger partial charge in [0.2, 0.25) is 0 Å². The van der Waals surface area contributed by atoms with Crippen molar-refractivity contribution in [3.63, 3.8) is 0 Å². The Balaban J connectivity index is 1.54. The number of piperazine rings is 1. The van der Waals surface area contributed by atoms with Gasteiger partial charge in [-0.25, -0.2) is 4.98 Å². The lowest BCUT2D eigenvalue weighted by Crippen LogP contribution is -2.48. The minimum absolute atomic E-state index is 0.0271. The van der Waals surface area contributed by atoms with E-state index in [1.54, 1.807) is 11.3 Å². The van der Waals surface area contributed by atoms with E-state index in [9.17, 15) is 4.79 Å². The minimum Gasteiger partial charge on any atom is -0.335 e. The number of carbonyl (C=O) groups excluding carboxylic acids is 1. The smallest absolute Gasteiger partial charge is 0.274 e. The molecule has 21 heavy (non-hydrogen) atoms. The first-order valence-corrected chi connectivity index (χ1v) is 8.13. The van der Waals surface area contributed by atoms with Crippen molar-refractivity contribution in [2.75, 3.05) is 26.2 Å². The van der Waals surface area contributed by atoms with Gasteiger partial charge >= 0.3 is 0 Å². The van der Waals surface area contributed by atoms with Crippen molar-refractivity contribution in [3.8, 4) is 0 Å². The van der Waals surface area contributed by atoms with E-state index in [-0.39, 0.29) is 5.91 Å². The minimum atomic E-state index is 0.0271. The van der Waals surface area contributed by atoms with Crippen LogP contribution in [0.2, 0.25) is 0 Å². The van der Waals surface area contributed by atoms with Gasteiger partial charge in [-0.2, -0.15) is 5.10 Å². The maximum atomic E-state index is 12.4. The lowest BCUT2D eigenvalue weighted by Gasteiger charge is -2.33. The monoisotopic (exact) mass is 305 g/mol. The third-order valence-corrected chi connectivity index (χ3v) is 4.39. The molecule has 7 heteroatoms. The van der Waals surface area contributed by atoms with Crippen LogP contribution in [-0.4, -0.2) is 57.1 Å². The Morgan fingerprint density at radius 3 is 2.81 bits per heavy atom. The second-order valence-electron chi connectivity index (χ2n) is 5.18. The molecule has 0 bridgehead atoms. The number of amides is 1. The molecule has 112 valence electrons. The first-order chi connectivity index (χ1) is 10.3. The van der Waals surface area contributed by atoms with E-state index in [0.717, 1.165) is 50.5 Å². The van der Waals surface area contributed by atoms with Crippen molar-refractivity contribution >= 4 is 17.2 Å². The molecule has 0 aliphatic carbocycles. The van der Waals surface area contributed by atoms with Gasteiger partial charge in [0.25, 0.3) is 5.91 Å². The van der Waals surface area contributed by atoms with Gasteiger partial charge in [0.05, 0.1) is 11.2 Å². The Labute approximate surface area is 127 Å².